The highest BCUT2D eigenvalue weighted by Crippen LogP contribution is 2.30. The number of carbonyl (C=O) groups is 1. The molecule has 0 saturated carbocycles. The zero-order valence-electron chi connectivity index (χ0n) is 14.7. The Bertz CT molecular complexity index is 1060. The number of hydrogen-bond donors (Lipinski definition) is 0. The summed E-state index contributed by atoms with van der Waals surface area (Å²) in [6, 6.07) is 11.2. The first-order chi connectivity index (χ1) is 13.5. The molecule has 4 rings (SSSR count). The summed E-state index contributed by atoms with van der Waals surface area (Å²) < 4.78 is 18.6. The van der Waals surface area contributed by atoms with Crippen LogP contribution in [0.1, 0.15) is 16.8 Å². The fraction of sp³-hybridized carbons (Fsp3) is 0.143. The second-order valence-electron chi connectivity index (χ2n) is 6.45. The lowest BCUT2D eigenvalue weighted by atomic mass is 10.0. The molecule has 4 nitrogen and oxygen atoms in total. The number of nitrogens with zero attached hydrogens (tertiary/aromatic N) is 2. The molecule has 0 spiro atoms. The maximum atomic E-state index is 13.1. The first-order valence-corrected chi connectivity index (χ1v) is 9.42. The Morgan fingerprint density at radius 2 is 1.96 bits per heavy atom. The quantitative estimate of drug-likeness (QED) is 0.538. The SMILES string of the molecule is O=C(/C=C/c1ccc(Cl)cc1Cl)N1CCc2c(noc2-c2ccc(F)cc2)C1. The largest absolute Gasteiger partial charge is 0.356 e. The first-order valence-electron chi connectivity index (χ1n) is 8.66. The summed E-state index contributed by atoms with van der Waals surface area (Å²) in [6.07, 6.45) is 3.77. The molecular formula is C21H15Cl2FN2O2. The number of amides is 1. The van der Waals surface area contributed by atoms with E-state index in [9.17, 15) is 9.18 Å². The van der Waals surface area contributed by atoms with E-state index in [2.05, 4.69) is 5.16 Å². The van der Waals surface area contributed by atoms with Crippen molar-refractivity contribution < 1.29 is 13.7 Å². The predicted molar refractivity (Wildman–Crippen MR) is 107 cm³/mol. The van der Waals surface area contributed by atoms with Gasteiger partial charge in [0, 0.05) is 33.8 Å². The van der Waals surface area contributed by atoms with Crippen molar-refractivity contribution >= 4 is 35.2 Å². The molecule has 3 aromatic rings. The van der Waals surface area contributed by atoms with Gasteiger partial charge in [-0.05, 0) is 54.5 Å². The Morgan fingerprint density at radius 1 is 1.18 bits per heavy atom. The van der Waals surface area contributed by atoms with E-state index in [4.69, 9.17) is 27.7 Å². The molecule has 1 amide bonds. The van der Waals surface area contributed by atoms with Crippen LogP contribution < -0.4 is 0 Å². The van der Waals surface area contributed by atoms with Gasteiger partial charge in [-0.2, -0.15) is 0 Å². The van der Waals surface area contributed by atoms with Crippen LogP contribution in [-0.4, -0.2) is 22.5 Å². The fourth-order valence-corrected chi connectivity index (χ4v) is 3.62. The van der Waals surface area contributed by atoms with E-state index in [1.807, 2.05) is 0 Å². The third-order valence-corrected chi connectivity index (χ3v) is 5.19. The summed E-state index contributed by atoms with van der Waals surface area (Å²) in [5.74, 6) is 0.190. The third-order valence-electron chi connectivity index (χ3n) is 4.63. The monoisotopic (exact) mass is 416 g/mol. The Hall–Kier alpha value is -2.63. The molecule has 0 fully saturated rings. The molecule has 0 aliphatic carbocycles. The number of fused-ring (bicyclic) bond motifs is 1. The summed E-state index contributed by atoms with van der Waals surface area (Å²) in [5, 5.41) is 5.13. The fourth-order valence-electron chi connectivity index (χ4n) is 3.15. The molecule has 1 aliphatic heterocycles. The Labute approximate surface area is 171 Å². The van der Waals surface area contributed by atoms with Gasteiger partial charge >= 0.3 is 0 Å². The molecule has 28 heavy (non-hydrogen) atoms. The first kappa shape index (κ1) is 18.7. The molecule has 142 valence electrons. The van der Waals surface area contributed by atoms with Gasteiger partial charge in [-0.15, -0.1) is 0 Å². The van der Waals surface area contributed by atoms with Gasteiger partial charge in [-0.1, -0.05) is 34.4 Å². The molecule has 1 aliphatic rings. The highest BCUT2D eigenvalue weighted by Gasteiger charge is 2.26. The predicted octanol–water partition coefficient (Wildman–Crippen LogP) is 5.39. The minimum atomic E-state index is -0.304. The number of halogens is 3. The van der Waals surface area contributed by atoms with E-state index in [1.54, 1.807) is 41.3 Å². The molecule has 2 heterocycles. The van der Waals surface area contributed by atoms with Crippen LogP contribution >= 0.6 is 23.2 Å². The smallest absolute Gasteiger partial charge is 0.246 e. The van der Waals surface area contributed by atoms with Crippen molar-refractivity contribution in [1.82, 2.24) is 10.1 Å². The average Bonchev–Trinajstić information content (AvgIpc) is 3.11. The molecule has 0 N–H and O–H groups in total. The maximum absolute atomic E-state index is 13.1. The van der Waals surface area contributed by atoms with Crippen molar-refractivity contribution in [2.45, 2.75) is 13.0 Å². The number of benzene rings is 2. The van der Waals surface area contributed by atoms with Crippen LogP contribution in [-0.2, 0) is 17.8 Å². The summed E-state index contributed by atoms with van der Waals surface area (Å²) in [7, 11) is 0. The zero-order valence-corrected chi connectivity index (χ0v) is 16.2. The summed E-state index contributed by atoms with van der Waals surface area (Å²) in [4.78, 5) is 14.2. The topological polar surface area (TPSA) is 46.3 Å². The number of aromatic nitrogens is 1. The van der Waals surface area contributed by atoms with Crippen molar-refractivity contribution in [3.8, 4) is 11.3 Å². The highest BCUT2D eigenvalue weighted by atomic mass is 35.5. The molecule has 1 aromatic heterocycles. The number of hydrogen-bond acceptors (Lipinski definition) is 3. The second kappa shape index (κ2) is 7.78. The van der Waals surface area contributed by atoms with E-state index in [0.717, 1.165) is 22.4 Å². The lowest BCUT2D eigenvalue weighted by Crippen LogP contribution is -2.34. The Balaban J connectivity index is 1.49. The zero-order chi connectivity index (χ0) is 19.7. The second-order valence-corrected chi connectivity index (χ2v) is 7.30. The van der Waals surface area contributed by atoms with Crippen LogP contribution in [0.2, 0.25) is 10.0 Å². The van der Waals surface area contributed by atoms with Crippen molar-refractivity contribution in [2.24, 2.45) is 0 Å². The average molecular weight is 417 g/mol. The lowest BCUT2D eigenvalue weighted by molar-refractivity contribution is -0.126. The van der Waals surface area contributed by atoms with Gasteiger partial charge in [0.2, 0.25) is 5.91 Å². The molecule has 0 radical (unpaired) electrons. The van der Waals surface area contributed by atoms with Gasteiger partial charge in [0.15, 0.2) is 5.76 Å². The summed E-state index contributed by atoms with van der Waals surface area (Å²) in [5.41, 5.74) is 3.17. The molecule has 7 heteroatoms. The van der Waals surface area contributed by atoms with E-state index in [0.29, 0.717) is 35.3 Å². The van der Waals surface area contributed by atoms with Crippen LogP contribution in [0.3, 0.4) is 0 Å². The van der Waals surface area contributed by atoms with Gasteiger partial charge < -0.3 is 9.42 Å². The van der Waals surface area contributed by atoms with Gasteiger partial charge in [0.25, 0.3) is 0 Å². The van der Waals surface area contributed by atoms with Gasteiger partial charge in [-0.25, -0.2) is 4.39 Å². The van der Waals surface area contributed by atoms with Gasteiger partial charge in [0.05, 0.1) is 6.54 Å². The van der Waals surface area contributed by atoms with Crippen molar-refractivity contribution in [2.75, 3.05) is 6.54 Å². The normalized spacial score (nSPS) is 13.8. The molecule has 0 atom stereocenters. The highest BCUT2D eigenvalue weighted by molar-refractivity contribution is 6.35. The molecule has 0 unspecified atom stereocenters. The minimum Gasteiger partial charge on any atom is -0.356 e. The minimum absolute atomic E-state index is 0.136. The van der Waals surface area contributed by atoms with E-state index in [-0.39, 0.29) is 11.7 Å². The van der Waals surface area contributed by atoms with Crippen LogP contribution in [0.5, 0.6) is 0 Å². The van der Waals surface area contributed by atoms with Crippen LogP contribution in [0.15, 0.2) is 53.1 Å². The molecular weight excluding hydrogens is 402 g/mol. The molecule has 0 saturated heterocycles. The van der Waals surface area contributed by atoms with Gasteiger partial charge in [0.1, 0.15) is 11.5 Å². The van der Waals surface area contributed by atoms with E-state index < -0.39 is 0 Å². The summed E-state index contributed by atoms with van der Waals surface area (Å²) in [6.45, 7) is 0.900. The molecule has 0 bridgehead atoms. The third kappa shape index (κ3) is 3.81. The van der Waals surface area contributed by atoms with Crippen molar-refractivity contribution in [3.05, 3.63) is 81.2 Å². The van der Waals surface area contributed by atoms with Gasteiger partial charge in [-0.3, -0.25) is 4.79 Å². The lowest BCUT2D eigenvalue weighted by Gasteiger charge is -2.24. The molecule has 2 aromatic carbocycles. The van der Waals surface area contributed by atoms with Crippen molar-refractivity contribution in [1.29, 1.82) is 0 Å². The Kier molecular flexibility index (Phi) is 5.20. The van der Waals surface area contributed by atoms with E-state index >= 15 is 0 Å². The van der Waals surface area contributed by atoms with Crippen LogP contribution in [0.4, 0.5) is 4.39 Å². The van der Waals surface area contributed by atoms with Crippen molar-refractivity contribution in [3.63, 3.8) is 0 Å². The maximum Gasteiger partial charge on any atom is 0.246 e. The van der Waals surface area contributed by atoms with Crippen LogP contribution in [0.25, 0.3) is 17.4 Å². The standard InChI is InChI=1S/C21H15Cl2FN2O2/c22-15-5-1-13(18(23)11-15)4-8-20(27)26-10-9-17-19(12-26)25-28-21(17)14-2-6-16(24)7-3-14/h1-8,11H,9-10,12H2/b8-4+. The summed E-state index contributed by atoms with van der Waals surface area (Å²) >= 11 is 12.0. The Morgan fingerprint density at radius 3 is 2.71 bits per heavy atom. The van der Waals surface area contributed by atoms with Crippen LogP contribution in [0, 0.1) is 5.82 Å². The number of carbonyl (C=O) groups excluding carboxylic acids is 1. The van der Waals surface area contributed by atoms with E-state index in [1.165, 1.54) is 18.2 Å². The number of rotatable bonds is 3.